The molecule has 0 radical (unpaired) electrons. The molecular weight excluding hydrogens is 701 g/mol. The summed E-state index contributed by atoms with van der Waals surface area (Å²) in [6.45, 7) is 5.68. The molecule has 47 heavy (non-hydrogen) atoms. The highest BCUT2D eigenvalue weighted by Crippen LogP contribution is 2.34. The normalized spacial score (nSPS) is 12.1. The zero-order valence-corrected chi connectivity index (χ0v) is 28.6. The van der Waals surface area contributed by atoms with E-state index in [2.05, 4.69) is 10.3 Å². The largest absolute Gasteiger partial charge is 0.478 e. The fourth-order valence-corrected chi connectivity index (χ4v) is 6.75. The minimum Gasteiger partial charge on any atom is -0.478 e. The van der Waals surface area contributed by atoms with Crippen LogP contribution in [-0.4, -0.2) is 79.1 Å². The average molecular weight is 731 g/mol. The molecule has 5 N–H and O–H groups in total. The smallest absolute Gasteiger partial charge is 0.336 e. The molecule has 0 heterocycles. The molecule has 0 saturated heterocycles. The third kappa shape index (κ3) is 8.46. The fraction of sp³-hybridized carbons (Fsp3) is 0.241. The van der Waals surface area contributed by atoms with Gasteiger partial charge in [0.25, 0.3) is 26.1 Å². The van der Waals surface area contributed by atoms with E-state index in [1.807, 2.05) is 0 Å². The number of carboxylic acids is 2. The molecular formula is C29H29Cl2N3O11S2. The Morgan fingerprint density at radius 3 is 1.83 bits per heavy atom. The molecule has 14 nitrogen and oxygen atoms in total. The first-order valence-corrected chi connectivity index (χ1v) is 17.1. The monoisotopic (exact) mass is 729 g/mol. The maximum absolute atomic E-state index is 14.0. The number of aliphatic imine (C=N–C) groups is 1. The number of carbonyl (C=O) groups excluding carboxylic acids is 1. The molecule has 0 atom stereocenters. The molecule has 0 saturated carbocycles. The summed E-state index contributed by atoms with van der Waals surface area (Å²) in [7, 11) is -7.42. The van der Waals surface area contributed by atoms with Crippen molar-refractivity contribution in [2.75, 3.05) is 29.6 Å². The Labute approximate surface area is 280 Å². The molecule has 0 aliphatic heterocycles. The Kier molecular flexibility index (Phi) is 11.1. The van der Waals surface area contributed by atoms with E-state index in [-0.39, 0.29) is 56.3 Å². The minimum absolute atomic E-state index is 0.0245. The summed E-state index contributed by atoms with van der Waals surface area (Å²) in [5, 5.41) is 21.6. The van der Waals surface area contributed by atoms with E-state index < -0.39 is 59.5 Å². The number of benzene rings is 3. The molecule has 0 unspecified atom stereocenters. The molecule has 0 aliphatic rings. The zero-order chi connectivity index (χ0) is 35.8. The van der Waals surface area contributed by atoms with Crippen LogP contribution >= 0.6 is 23.2 Å². The number of aryl methyl sites for hydroxylation is 1. The van der Waals surface area contributed by atoms with Crippen molar-refractivity contribution in [2.45, 2.75) is 32.6 Å². The molecule has 0 spiro atoms. The van der Waals surface area contributed by atoms with Crippen LogP contribution < -0.4 is 10.2 Å². The van der Waals surface area contributed by atoms with Gasteiger partial charge < -0.3 is 20.4 Å². The van der Waals surface area contributed by atoms with Gasteiger partial charge in [-0.1, -0.05) is 23.2 Å². The second-order valence-electron chi connectivity index (χ2n) is 10.4. The fourth-order valence-electron chi connectivity index (χ4n) is 4.94. The quantitative estimate of drug-likeness (QED) is 0.130. The number of hydrogen-bond acceptors (Lipinski definition) is 9. The number of rotatable bonds is 11. The Bertz CT molecular complexity index is 2040. The number of nitrogens with zero attached hydrogens (tertiary/aromatic N) is 2. The molecule has 0 bridgehead atoms. The maximum Gasteiger partial charge on any atom is 0.336 e. The lowest BCUT2D eigenvalue weighted by Crippen LogP contribution is -2.28. The van der Waals surface area contributed by atoms with Gasteiger partial charge >= 0.3 is 11.9 Å². The number of hydrogen-bond donors (Lipinski definition) is 5. The van der Waals surface area contributed by atoms with Crippen molar-refractivity contribution in [1.82, 2.24) is 0 Å². The van der Waals surface area contributed by atoms with Crippen LogP contribution in [0.4, 0.5) is 17.1 Å². The predicted molar refractivity (Wildman–Crippen MR) is 177 cm³/mol. The van der Waals surface area contributed by atoms with Crippen LogP contribution in [0.1, 0.15) is 48.5 Å². The van der Waals surface area contributed by atoms with Gasteiger partial charge in [-0.3, -0.25) is 13.9 Å². The van der Waals surface area contributed by atoms with E-state index in [4.69, 9.17) is 27.8 Å². The number of aromatic carboxylic acids is 2. The average Bonchev–Trinajstić information content (AvgIpc) is 2.92. The number of nitrogens with one attached hydrogen (secondary N) is 1. The summed E-state index contributed by atoms with van der Waals surface area (Å²) in [5.41, 5.74) is -0.329. The van der Waals surface area contributed by atoms with E-state index in [0.29, 0.717) is 11.3 Å². The minimum atomic E-state index is -4.78. The lowest BCUT2D eigenvalue weighted by molar-refractivity contribution is -0.110. The standard InChI is InChI=1S/C29H29Cl2N3O11S2/c1-13-10-17(34(5)8-9-46(40,41)42)6-7-20(13)32-26(23-14(2)24(28(36)37)16(4)25(15(23)3)29(38)39)27(35)33-21-11-19(31)22(12-18(21)30)47(43,44)45/h6-7,10-12H,8-9H2,1-5H3,(H,33,35)(H,36,37)(H,38,39)(H,40,41,42)(H,43,44,45). The predicted octanol–water partition coefficient (Wildman–Crippen LogP) is 4.95. The van der Waals surface area contributed by atoms with Crippen LogP contribution in [0.2, 0.25) is 10.0 Å². The first-order valence-electron chi connectivity index (χ1n) is 13.3. The Hall–Kier alpha value is -4.06. The van der Waals surface area contributed by atoms with E-state index in [0.717, 1.165) is 12.1 Å². The topological polar surface area (TPSA) is 228 Å². The second-order valence-corrected chi connectivity index (χ2v) is 14.2. The Morgan fingerprint density at radius 1 is 0.830 bits per heavy atom. The van der Waals surface area contributed by atoms with Gasteiger partial charge in [-0.05, 0) is 80.3 Å². The van der Waals surface area contributed by atoms with Gasteiger partial charge in [-0.15, -0.1) is 0 Å². The molecule has 1 amide bonds. The molecule has 3 aromatic rings. The number of carboxylic acid groups (broad SMARTS) is 2. The van der Waals surface area contributed by atoms with Gasteiger partial charge in [0.2, 0.25) is 0 Å². The van der Waals surface area contributed by atoms with Crippen molar-refractivity contribution in [3.8, 4) is 0 Å². The van der Waals surface area contributed by atoms with Crippen molar-refractivity contribution < 1.29 is 50.5 Å². The van der Waals surface area contributed by atoms with Gasteiger partial charge in [0.15, 0.2) is 0 Å². The van der Waals surface area contributed by atoms with Crippen LogP contribution in [-0.2, 0) is 25.0 Å². The highest BCUT2D eigenvalue weighted by Gasteiger charge is 2.30. The number of carbonyl (C=O) groups is 3. The lowest BCUT2D eigenvalue weighted by Gasteiger charge is -2.21. The first kappa shape index (κ1) is 37.4. The van der Waals surface area contributed by atoms with Gasteiger partial charge in [0.1, 0.15) is 10.6 Å². The number of halogens is 2. The molecule has 252 valence electrons. The van der Waals surface area contributed by atoms with Gasteiger partial charge in [0.05, 0.1) is 38.3 Å². The van der Waals surface area contributed by atoms with Crippen molar-refractivity contribution >= 4 is 84.1 Å². The summed E-state index contributed by atoms with van der Waals surface area (Å²) in [6.07, 6.45) is 0. The molecule has 18 heteroatoms. The summed E-state index contributed by atoms with van der Waals surface area (Å²) in [5.74, 6) is -4.45. The lowest BCUT2D eigenvalue weighted by atomic mass is 9.85. The van der Waals surface area contributed by atoms with Crippen molar-refractivity contribution in [1.29, 1.82) is 0 Å². The van der Waals surface area contributed by atoms with Crippen molar-refractivity contribution in [2.24, 2.45) is 4.99 Å². The first-order chi connectivity index (χ1) is 21.5. The molecule has 0 fully saturated rings. The van der Waals surface area contributed by atoms with E-state index in [1.165, 1.54) is 26.8 Å². The molecule has 0 aliphatic carbocycles. The van der Waals surface area contributed by atoms with E-state index in [9.17, 15) is 46.0 Å². The van der Waals surface area contributed by atoms with Crippen molar-refractivity contribution in [3.63, 3.8) is 0 Å². The third-order valence-corrected chi connectivity index (χ3v) is 9.54. The summed E-state index contributed by atoms with van der Waals surface area (Å²) in [4.78, 5) is 43.9. The maximum atomic E-state index is 14.0. The highest BCUT2D eigenvalue weighted by molar-refractivity contribution is 7.86. The van der Waals surface area contributed by atoms with Crippen molar-refractivity contribution in [3.05, 3.63) is 79.3 Å². The zero-order valence-electron chi connectivity index (χ0n) is 25.4. The van der Waals surface area contributed by atoms with E-state index >= 15 is 0 Å². The summed E-state index contributed by atoms with van der Waals surface area (Å²) >= 11 is 12.2. The summed E-state index contributed by atoms with van der Waals surface area (Å²) < 4.78 is 64.2. The SMILES string of the molecule is Cc1cc(N(C)CCS(=O)(=O)O)ccc1N=C(C(=O)Nc1cc(Cl)c(S(=O)(=O)O)cc1Cl)c1c(C)c(C(=O)O)c(C)c(C(=O)O)c1C. The number of amides is 1. The van der Waals surface area contributed by atoms with Crippen LogP contribution in [0.3, 0.4) is 0 Å². The second kappa shape index (κ2) is 14.0. The third-order valence-electron chi connectivity index (χ3n) is 7.22. The van der Waals surface area contributed by atoms with Crippen LogP contribution in [0.15, 0.2) is 40.2 Å². The van der Waals surface area contributed by atoms with Crippen LogP contribution in [0.5, 0.6) is 0 Å². The molecule has 0 aromatic heterocycles. The summed E-state index contributed by atoms with van der Waals surface area (Å²) in [6, 6.07) is 6.42. The van der Waals surface area contributed by atoms with Gasteiger partial charge in [-0.2, -0.15) is 16.8 Å². The number of anilines is 2. The van der Waals surface area contributed by atoms with E-state index in [1.54, 1.807) is 31.0 Å². The Morgan fingerprint density at radius 2 is 1.36 bits per heavy atom. The highest BCUT2D eigenvalue weighted by atomic mass is 35.5. The van der Waals surface area contributed by atoms with Gasteiger partial charge in [-0.25, -0.2) is 14.6 Å². The van der Waals surface area contributed by atoms with Gasteiger partial charge in [0, 0.05) is 24.8 Å². The molecule has 3 aromatic carbocycles. The Balaban J connectivity index is 2.31. The molecule has 3 rings (SSSR count). The van der Waals surface area contributed by atoms with Crippen LogP contribution in [0.25, 0.3) is 0 Å². The van der Waals surface area contributed by atoms with Crippen LogP contribution in [0, 0.1) is 27.7 Å².